The summed E-state index contributed by atoms with van der Waals surface area (Å²) in [4.78, 5) is 19.2. The van der Waals surface area contributed by atoms with Crippen LogP contribution in [0.5, 0.6) is 0 Å². The highest BCUT2D eigenvalue weighted by atomic mass is 35.5. The van der Waals surface area contributed by atoms with Gasteiger partial charge in [-0.2, -0.15) is 0 Å². The van der Waals surface area contributed by atoms with Crippen molar-refractivity contribution < 1.29 is 4.79 Å². The predicted molar refractivity (Wildman–Crippen MR) is 110 cm³/mol. The van der Waals surface area contributed by atoms with E-state index in [-0.39, 0.29) is 12.1 Å². The fourth-order valence-corrected chi connectivity index (χ4v) is 3.75. The van der Waals surface area contributed by atoms with E-state index < -0.39 is 0 Å². The molecule has 2 amide bonds. The highest BCUT2D eigenvalue weighted by molar-refractivity contribution is 6.30. The van der Waals surface area contributed by atoms with Crippen molar-refractivity contribution in [2.75, 3.05) is 13.1 Å². The van der Waals surface area contributed by atoms with Crippen LogP contribution < -0.4 is 10.6 Å². The van der Waals surface area contributed by atoms with E-state index in [1.165, 1.54) is 5.56 Å². The van der Waals surface area contributed by atoms with E-state index in [2.05, 4.69) is 44.8 Å². The smallest absolute Gasteiger partial charge is 0.315 e. The van der Waals surface area contributed by atoms with Crippen molar-refractivity contribution in [3.63, 3.8) is 0 Å². The lowest BCUT2D eigenvalue weighted by atomic mass is 10.0. The monoisotopic (exact) mass is 397 g/mol. The topological polar surface area (TPSA) is 61.7 Å². The zero-order chi connectivity index (χ0) is 19.3. The fraction of sp³-hybridized carbons (Fsp3) is 0.333. The number of benzene rings is 1. The Morgan fingerprint density at radius 1 is 1.11 bits per heavy atom. The summed E-state index contributed by atoms with van der Waals surface area (Å²) in [5, 5.41) is 6.64. The molecule has 0 saturated carbocycles. The second-order valence-electron chi connectivity index (χ2n) is 7.21. The van der Waals surface area contributed by atoms with Gasteiger partial charge >= 0.3 is 6.03 Å². The van der Waals surface area contributed by atoms with Crippen molar-refractivity contribution in [3.05, 3.63) is 71.1 Å². The van der Waals surface area contributed by atoms with Gasteiger partial charge in [-0.15, -0.1) is 0 Å². The lowest BCUT2D eigenvalue weighted by molar-refractivity contribution is 0.186. The molecule has 2 aromatic heterocycles. The SMILES string of the molecule is O=C(NCc1cn2cc(Cl)ccc2n1)NC1CCN(Cc2ccccc2)CC1. The molecule has 0 bridgehead atoms. The molecule has 28 heavy (non-hydrogen) atoms. The largest absolute Gasteiger partial charge is 0.335 e. The number of pyridine rings is 1. The number of hydrogen-bond acceptors (Lipinski definition) is 3. The van der Waals surface area contributed by atoms with Gasteiger partial charge < -0.3 is 15.0 Å². The molecule has 0 unspecified atom stereocenters. The summed E-state index contributed by atoms with van der Waals surface area (Å²) in [5.74, 6) is 0. The van der Waals surface area contributed by atoms with Crippen LogP contribution in [0.3, 0.4) is 0 Å². The Labute approximate surface area is 169 Å². The number of carbonyl (C=O) groups excluding carboxylic acids is 1. The Hall–Kier alpha value is -2.57. The van der Waals surface area contributed by atoms with Gasteiger partial charge in [0, 0.05) is 38.1 Å². The number of carbonyl (C=O) groups is 1. The number of amides is 2. The van der Waals surface area contributed by atoms with Crippen LogP contribution in [-0.2, 0) is 13.1 Å². The Kier molecular flexibility index (Phi) is 5.78. The molecule has 1 aliphatic rings. The maximum Gasteiger partial charge on any atom is 0.315 e. The number of imidazole rings is 1. The first kappa shape index (κ1) is 18.8. The van der Waals surface area contributed by atoms with Crippen molar-refractivity contribution in [2.45, 2.75) is 32.0 Å². The molecule has 1 saturated heterocycles. The molecule has 6 nitrogen and oxygen atoms in total. The lowest BCUT2D eigenvalue weighted by Crippen LogP contribution is -2.47. The minimum absolute atomic E-state index is 0.142. The number of likely N-dealkylation sites (tertiary alicyclic amines) is 1. The molecule has 1 fully saturated rings. The van der Waals surface area contributed by atoms with Crippen LogP contribution in [0.15, 0.2) is 54.9 Å². The third-order valence-electron chi connectivity index (χ3n) is 5.07. The van der Waals surface area contributed by atoms with Gasteiger partial charge in [-0.1, -0.05) is 41.9 Å². The van der Waals surface area contributed by atoms with Crippen molar-refractivity contribution in [2.24, 2.45) is 0 Å². The van der Waals surface area contributed by atoms with Gasteiger partial charge in [0.1, 0.15) is 5.65 Å². The number of hydrogen-bond donors (Lipinski definition) is 2. The van der Waals surface area contributed by atoms with Crippen LogP contribution in [-0.4, -0.2) is 39.4 Å². The first-order valence-corrected chi connectivity index (χ1v) is 9.97. The molecule has 4 rings (SSSR count). The summed E-state index contributed by atoms with van der Waals surface area (Å²) >= 11 is 5.99. The first-order chi connectivity index (χ1) is 13.7. The molecule has 0 spiro atoms. The van der Waals surface area contributed by atoms with Gasteiger partial charge in [-0.05, 0) is 30.5 Å². The maximum absolute atomic E-state index is 12.2. The zero-order valence-corrected chi connectivity index (χ0v) is 16.4. The molecule has 1 aliphatic heterocycles. The Balaban J connectivity index is 1.21. The van der Waals surface area contributed by atoms with Crippen LogP contribution in [0.4, 0.5) is 4.79 Å². The zero-order valence-electron chi connectivity index (χ0n) is 15.6. The van der Waals surface area contributed by atoms with Gasteiger partial charge in [0.15, 0.2) is 0 Å². The average Bonchev–Trinajstić information content (AvgIpc) is 3.11. The van der Waals surface area contributed by atoms with E-state index in [9.17, 15) is 4.79 Å². The normalized spacial score (nSPS) is 15.6. The minimum Gasteiger partial charge on any atom is -0.335 e. The Morgan fingerprint density at radius 3 is 2.68 bits per heavy atom. The highest BCUT2D eigenvalue weighted by Crippen LogP contribution is 2.14. The van der Waals surface area contributed by atoms with E-state index in [0.29, 0.717) is 11.6 Å². The van der Waals surface area contributed by atoms with Gasteiger partial charge in [-0.3, -0.25) is 4.90 Å². The summed E-state index contributed by atoms with van der Waals surface area (Å²) in [6.07, 6.45) is 5.61. The lowest BCUT2D eigenvalue weighted by Gasteiger charge is -2.32. The van der Waals surface area contributed by atoms with Crippen LogP contribution in [0, 0.1) is 0 Å². The van der Waals surface area contributed by atoms with Gasteiger partial charge in [0.05, 0.1) is 17.3 Å². The second kappa shape index (κ2) is 8.63. The molecule has 7 heteroatoms. The summed E-state index contributed by atoms with van der Waals surface area (Å²) < 4.78 is 1.86. The quantitative estimate of drug-likeness (QED) is 0.693. The van der Waals surface area contributed by atoms with E-state index in [4.69, 9.17) is 11.6 Å². The molecular formula is C21H24ClN5O. The summed E-state index contributed by atoms with van der Waals surface area (Å²) in [6.45, 7) is 3.34. The van der Waals surface area contributed by atoms with E-state index in [1.807, 2.05) is 22.7 Å². The molecule has 0 atom stereocenters. The summed E-state index contributed by atoms with van der Waals surface area (Å²) in [6, 6.07) is 14.2. The third-order valence-corrected chi connectivity index (χ3v) is 5.29. The number of halogens is 1. The van der Waals surface area contributed by atoms with Crippen LogP contribution in [0.25, 0.3) is 5.65 Å². The average molecular weight is 398 g/mol. The van der Waals surface area contributed by atoms with Gasteiger partial charge in [-0.25, -0.2) is 9.78 Å². The van der Waals surface area contributed by atoms with E-state index in [1.54, 1.807) is 12.3 Å². The van der Waals surface area contributed by atoms with Crippen molar-refractivity contribution in [3.8, 4) is 0 Å². The molecule has 3 heterocycles. The minimum atomic E-state index is -0.142. The fourth-order valence-electron chi connectivity index (χ4n) is 3.59. The van der Waals surface area contributed by atoms with Crippen molar-refractivity contribution in [1.82, 2.24) is 24.9 Å². The van der Waals surface area contributed by atoms with Gasteiger partial charge in [0.25, 0.3) is 0 Å². The number of aromatic nitrogens is 2. The molecular weight excluding hydrogens is 374 g/mol. The highest BCUT2D eigenvalue weighted by Gasteiger charge is 2.20. The van der Waals surface area contributed by atoms with Crippen LogP contribution >= 0.6 is 11.6 Å². The number of fused-ring (bicyclic) bond motifs is 1. The van der Waals surface area contributed by atoms with Crippen LogP contribution in [0.2, 0.25) is 5.02 Å². The molecule has 3 aromatic rings. The van der Waals surface area contributed by atoms with E-state index in [0.717, 1.165) is 43.8 Å². The molecule has 2 N–H and O–H groups in total. The maximum atomic E-state index is 12.2. The number of piperidine rings is 1. The number of nitrogens with zero attached hydrogens (tertiary/aromatic N) is 3. The second-order valence-corrected chi connectivity index (χ2v) is 7.64. The van der Waals surface area contributed by atoms with Crippen molar-refractivity contribution in [1.29, 1.82) is 0 Å². The van der Waals surface area contributed by atoms with Crippen molar-refractivity contribution >= 4 is 23.3 Å². The number of rotatable bonds is 5. The Bertz CT molecular complexity index is 934. The summed E-state index contributed by atoms with van der Waals surface area (Å²) in [5.41, 5.74) is 2.95. The third kappa shape index (κ3) is 4.82. The molecule has 146 valence electrons. The standard InChI is InChI=1S/C21H24ClN5O/c22-17-6-7-20-24-19(15-27(20)14-17)12-23-21(28)25-18-8-10-26(11-9-18)13-16-4-2-1-3-5-16/h1-7,14-15,18H,8-13H2,(H2,23,25,28). The van der Waals surface area contributed by atoms with Gasteiger partial charge in [0.2, 0.25) is 0 Å². The van der Waals surface area contributed by atoms with E-state index >= 15 is 0 Å². The molecule has 0 radical (unpaired) electrons. The Morgan fingerprint density at radius 2 is 1.89 bits per heavy atom. The number of nitrogens with one attached hydrogen (secondary N) is 2. The van der Waals surface area contributed by atoms with Crippen LogP contribution in [0.1, 0.15) is 24.1 Å². The molecule has 1 aromatic carbocycles. The predicted octanol–water partition coefficient (Wildman–Crippen LogP) is 3.45. The number of urea groups is 1. The molecule has 0 aliphatic carbocycles. The summed E-state index contributed by atoms with van der Waals surface area (Å²) in [7, 11) is 0. The first-order valence-electron chi connectivity index (χ1n) is 9.59.